The van der Waals surface area contributed by atoms with Gasteiger partial charge in [0.05, 0.1) is 0 Å². The van der Waals surface area contributed by atoms with Gasteiger partial charge in [-0.05, 0) is 52.6 Å². The van der Waals surface area contributed by atoms with Gasteiger partial charge in [-0.3, -0.25) is 0 Å². The molecule has 0 unspecified atom stereocenters. The Bertz CT molecular complexity index is 2840. The van der Waals surface area contributed by atoms with E-state index in [9.17, 15) is 0 Å². The molecule has 0 bridgehead atoms. The highest BCUT2D eigenvalue weighted by atomic mass is 32.1. The van der Waals surface area contributed by atoms with Crippen molar-refractivity contribution >= 4 is 64.2 Å². The number of hydrogen-bond acceptors (Lipinski definition) is 6. The number of hydrogen-bond donors (Lipinski definition) is 0. The number of fused-ring (bicyclic) bond motifs is 8. The van der Waals surface area contributed by atoms with Crippen molar-refractivity contribution < 1.29 is 4.42 Å². The van der Waals surface area contributed by atoms with E-state index in [-0.39, 0.29) is 0 Å². The van der Waals surface area contributed by atoms with Crippen LogP contribution in [0.1, 0.15) is 0 Å². The lowest BCUT2D eigenvalue weighted by Gasteiger charge is -2.10. The van der Waals surface area contributed by atoms with E-state index in [1.165, 1.54) is 20.2 Å². The lowest BCUT2D eigenvalue weighted by Crippen LogP contribution is -2.00. The van der Waals surface area contributed by atoms with E-state index < -0.39 is 0 Å². The Kier molecular flexibility index (Phi) is 5.98. The van der Waals surface area contributed by atoms with Crippen LogP contribution in [-0.4, -0.2) is 19.9 Å². The van der Waals surface area contributed by atoms with E-state index in [4.69, 9.17) is 24.4 Å². The van der Waals surface area contributed by atoms with Crippen LogP contribution in [0.25, 0.3) is 98.4 Å². The first kappa shape index (κ1) is 26.9. The van der Waals surface area contributed by atoms with Gasteiger partial charge in [0.2, 0.25) is 5.89 Å². The highest BCUT2D eigenvalue weighted by Crippen LogP contribution is 2.40. The Morgan fingerprint density at radius 2 is 1.12 bits per heavy atom. The van der Waals surface area contributed by atoms with E-state index in [0.29, 0.717) is 23.4 Å². The normalized spacial score (nSPS) is 11.8. The molecule has 0 atom stereocenters. The first-order chi connectivity index (χ1) is 23.8. The SMILES string of the molecule is c1ccc(-c2nc(-c3ccc4ccc5ccc6nc(-c7ccccc7)oc6c5c4c3)nc(-c3cccc4c3sc3ccccc34)n2)cc1. The Labute approximate surface area is 278 Å². The molecule has 224 valence electrons. The summed E-state index contributed by atoms with van der Waals surface area (Å²) in [6.45, 7) is 0. The average Bonchev–Trinajstić information content (AvgIpc) is 3.77. The van der Waals surface area contributed by atoms with E-state index in [2.05, 4.69) is 78.9 Å². The predicted molar refractivity (Wildman–Crippen MR) is 197 cm³/mol. The van der Waals surface area contributed by atoms with Crippen molar-refractivity contribution in [3.05, 3.63) is 146 Å². The first-order valence-corrected chi connectivity index (χ1v) is 16.6. The molecule has 0 spiro atoms. The van der Waals surface area contributed by atoms with Crippen LogP contribution < -0.4 is 0 Å². The van der Waals surface area contributed by atoms with Crippen molar-refractivity contribution in [3.8, 4) is 45.6 Å². The summed E-state index contributed by atoms with van der Waals surface area (Å²) in [5.41, 5.74) is 5.38. The van der Waals surface area contributed by atoms with Crippen LogP contribution in [0, 0.1) is 0 Å². The lowest BCUT2D eigenvalue weighted by atomic mass is 9.99. The van der Waals surface area contributed by atoms with Gasteiger partial charge in [-0.2, -0.15) is 0 Å². The summed E-state index contributed by atoms with van der Waals surface area (Å²) >= 11 is 1.77. The second kappa shape index (κ2) is 10.7. The van der Waals surface area contributed by atoms with Gasteiger partial charge in [0.25, 0.3) is 0 Å². The second-order valence-electron chi connectivity index (χ2n) is 11.9. The zero-order valence-electron chi connectivity index (χ0n) is 25.5. The highest BCUT2D eigenvalue weighted by Gasteiger charge is 2.18. The smallest absolute Gasteiger partial charge is 0.227 e. The summed E-state index contributed by atoms with van der Waals surface area (Å²) in [7, 11) is 0. The van der Waals surface area contributed by atoms with Crippen LogP contribution in [0.4, 0.5) is 0 Å². The molecule has 0 radical (unpaired) electrons. The van der Waals surface area contributed by atoms with Crippen LogP contribution in [-0.2, 0) is 0 Å². The Hall–Kier alpha value is -6.24. The zero-order valence-corrected chi connectivity index (χ0v) is 26.3. The molecule has 3 heterocycles. The summed E-state index contributed by atoms with van der Waals surface area (Å²) in [6, 6.07) is 49.9. The summed E-state index contributed by atoms with van der Waals surface area (Å²) in [4.78, 5) is 20.1. The Morgan fingerprint density at radius 3 is 1.98 bits per heavy atom. The molecule has 0 aliphatic heterocycles. The summed E-state index contributed by atoms with van der Waals surface area (Å²) in [6.07, 6.45) is 0. The number of benzene rings is 7. The van der Waals surface area contributed by atoms with E-state index in [1.54, 1.807) is 11.3 Å². The van der Waals surface area contributed by atoms with Gasteiger partial charge in [-0.15, -0.1) is 11.3 Å². The van der Waals surface area contributed by atoms with E-state index >= 15 is 0 Å². The number of rotatable bonds is 4. The molecule has 48 heavy (non-hydrogen) atoms. The van der Waals surface area contributed by atoms with E-state index in [1.807, 2.05) is 66.7 Å². The molecule has 6 heteroatoms. The molecule has 0 aliphatic carbocycles. The van der Waals surface area contributed by atoms with E-state index in [0.717, 1.165) is 54.9 Å². The third-order valence-electron chi connectivity index (χ3n) is 8.95. The summed E-state index contributed by atoms with van der Waals surface area (Å²) < 4.78 is 8.90. The van der Waals surface area contributed by atoms with Crippen molar-refractivity contribution in [1.82, 2.24) is 19.9 Å². The summed E-state index contributed by atoms with van der Waals surface area (Å²) in [5, 5.41) is 6.71. The van der Waals surface area contributed by atoms with Crippen LogP contribution in [0.15, 0.2) is 150 Å². The quantitative estimate of drug-likeness (QED) is 0.181. The molecular formula is C42H24N4OS. The zero-order chi connectivity index (χ0) is 31.6. The van der Waals surface area contributed by atoms with Crippen molar-refractivity contribution in [2.45, 2.75) is 0 Å². The molecule has 0 saturated carbocycles. The van der Waals surface area contributed by atoms with Crippen LogP contribution in [0.2, 0.25) is 0 Å². The molecular weight excluding hydrogens is 609 g/mol. The lowest BCUT2D eigenvalue weighted by molar-refractivity contribution is 0.623. The molecule has 0 amide bonds. The Balaban J connectivity index is 1.21. The van der Waals surface area contributed by atoms with Crippen molar-refractivity contribution in [1.29, 1.82) is 0 Å². The topological polar surface area (TPSA) is 64.7 Å². The number of oxazole rings is 1. The number of aromatic nitrogens is 4. The van der Waals surface area contributed by atoms with Crippen molar-refractivity contribution in [2.75, 3.05) is 0 Å². The standard InChI is InChI=1S/C42H24N4OS/c1-3-10-27(11-4-1)39-44-40(46-41(45-39)32-16-9-15-31-30-14-7-8-17-35(30)48-38(31)32)29-21-19-25-18-20-26-22-23-34-37(36(26)33(25)24-29)47-42(43-34)28-12-5-2-6-13-28/h1-24H. The third-order valence-corrected chi connectivity index (χ3v) is 10.2. The molecule has 0 aliphatic rings. The average molecular weight is 633 g/mol. The van der Waals surface area contributed by atoms with Crippen LogP contribution >= 0.6 is 11.3 Å². The maximum atomic E-state index is 6.49. The molecule has 3 aromatic heterocycles. The van der Waals surface area contributed by atoms with Gasteiger partial charge in [0.1, 0.15) is 5.52 Å². The molecule has 10 aromatic rings. The monoisotopic (exact) mass is 632 g/mol. The van der Waals surface area contributed by atoms with Crippen molar-refractivity contribution in [2.24, 2.45) is 0 Å². The molecule has 5 nitrogen and oxygen atoms in total. The Morgan fingerprint density at radius 1 is 0.458 bits per heavy atom. The highest BCUT2D eigenvalue weighted by molar-refractivity contribution is 7.26. The fourth-order valence-electron chi connectivity index (χ4n) is 6.63. The van der Waals surface area contributed by atoms with Crippen molar-refractivity contribution in [3.63, 3.8) is 0 Å². The number of nitrogens with zero attached hydrogens (tertiary/aromatic N) is 4. The minimum atomic E-state index is 0.608. The number of thiophene rings is 1. The molecule has 0 saturated heterocycles. The molecule has 10 rings (SSSR count). The molecule has 0 fully saturated rings. The first-order valence-electron chi connectivity index (χ1n) is 15.8. The van der Waals surface area contributed by atoms with Gasteiger partial charge >= 0.3 is 0 Å². The minimum absolute atomic E-state index is 0.608. The minimum Gasteiger partial charge on any atom is -0.435 e. The van der Waals surface area contributed by atoms with Gasteiger partial charge in [0.15, 0.2) is 23.1 Å². The predicted octanol–water partition coefficient (Wildman–Crippen LogP) is 11.4. The fraction of sp³-hybridized carbons (Fsp3) is 0. The maximum absolute atomic E-state index is 6.49. The largest absolute Gasteiger partial charge is 0.435 e. The van der Waals surface area contributed by atoms with Gasteiger partial charge < -0.3 is 4.42 Å². The third kappa shape index (κ3) is 4.31. The molecule has 0 N–H and O–H groups in total. The fourth-order valence-corrected chi connectivity index (χ4v) is 7.84. The van der Waals surface area contributed by atoms with Gasteiger partial charge in [-0.1, -0.05) is 109 Å². The molecule has 7 aromatic carbocycles. The second-order valence-corrected chi connectivity index (χ2v) is 12.9. The van der Waals surface area contributed by atoms with Crippen LogP contribution in [0.3, 0.4) is 0 Å². The van der Waals surface area contributed by atoms with Crippen LogP contribution in [0.5, 0.6) is 0 Å². The van der Waals surface area contributed by atoms with Gasteiger partial charge in [-0.25, -0.2) is 19.9 Å². The van der Waals surface area contributed by atoms with Gasteiger partial charge in [0, 0.05) is 47.8 Å². The summed E-state index contributed by atoms with van der Waals surface area (Å²) in [5.74, 6) is 2.51. The maximum Gasteiger partial charge on any atom is 0.227 e.